The molecule has 4 heterocycles. The van der Waals surface area contributed by atoms with E-state index in [1.165, 1.54) is 6.42 Å². The maximum absolute atomic E-state index is 8.41. The summed E-state index contributed by atoms with van der Waals surface area (Å²) in [4.78, 5) is 14.8. The molecule has 5 rings (SSSR count). The third-order valence-corrected chi connectivity index (χ3v) is 7.35. The predicted molar refractivity (Wildman–Crippen MR) is 94.7 cm³/mol. The van der Waals surface area contributed by atoms with Crippen LogP contribution in [0, 0.1) is 23.7 Å². The maximum Gasteiger partial charge on any atom is 0.201 e. The van der Waals surface area contributed by atoms with Crippen molar-refractivity contribution in [2.24, 2.45) is 28.8 Å². The monoisotopic (exact) mass is 365 g/mol. The molecule has 5 fully saturated rings. The van der Waals surface area contributed by atoms with Crippen LogP contribution in [0.5, 0.6) is 0 Å². The summed E-state index contributed by atoms with van der Waals surface area (Å²) in [6.45, 7) is 7.15. The summed E-state index contributed by atoms with van der Waals surface area (Å²) in [5.41, 5.74) is 7.94. The van der Waals surface area contributed by atoms with Crippen LogP contribution in [0.1, 0.15) is 65.7 Å². The minimum Gasteiger partial charge on any atom is -0.346 e. The first-order valence-corrected chi connectivity index (χ1v) is 10.2. The van der Waals surface area contributed by atoms with Crippen molar-refractivity contribution in [3.8, 4) is 0 Å². The molecule has 5 aliphatic rings. The minimum absolute atomic E-state index is 0.155. The largest absolute Gasteiger partial charge is 0.346 e. The Morgan fingerprint density at radius 3 is 2.77 bits per heavy atom. The second-order valence-corrected chi connectivity index (χ2v) is 8.89. The van der Waals surface area contributed by atoms with Gasteiger partial charge in [0.1, 0.15) is 0 Å². The smallest absolute Gasteiger partial charge is 0.201 e. The zero-order chi connectivity index (χ0) is 18.4. The van der Waals surface area contributed by atoms with Crippen molar-refractivity contribution in [2.75, 3.05) is 6.54 Å². The van der Waals surface area contributed by atoms with E-state index in [1.807, 2.05) is 6.92 Å². The third kappa shape index (κ3) is 2.85. The van der Waals surface area contributed by atoms with E-state index in [4.69, 9.17) is 24.8 Å². The van der Waals surface area contributed by atoms with Gasteiger partial charge in [-0.3, -0.25) is 0 Å². The van der Waals surface area contributed by atoms with Crippen LogP contribution in [0.4, 0.5) is 0 Å². The highest BCUT2D eigenvalue weighted by Crippen LogP contribution is 2.60. The minimum atomic E-state index is -0.704. The van der Waals surface area contributed by atoms with Crippen molar-refractivity contribution in [3.63, 3.8) is 0 Å². The fourth-order valence-electron chi connectivity index (χ4n) is 5.88. The Kier molecular flexibility index (Phi) is 4.95. The first-order valence-electron chi connectivity index (χ1n) is 10.2. The first-order chi connectivity index (χ1) is 12.5. The van der Waals surface area contributed by atoms with E-state index in [1.54, 1.807) is 0 Å². The van der Waals surface area contributed by atoms with Crippen molar-refractivity contribution in [1.82, 2.24) is 0 Å². The molecule has 0 amide bonds. The molecule has 0 N–H and O–H groups in total. The van der Waals surface area contributed by atoms with E-state index >= 15 is 0 Å². The van der Waals surface area contributed by atoms with Crippen LogP contribution in [0.25, 0.3) is 10.4 Å². The van der Waals surface area contributed by atoms with Crippen molar-refractivity contribution in [2.45, 2.75) is 89.5 Å². The normalized spacial score (nSPS) is 49.8. The summed E-state index contributed by atoms with van der Waals surface area (Å²) in [6, 6.07) is 0. The summed E-state index contributed by atoms with van der Waals surface area (Å²) >= 11 is 0. The lowest BCUT2D eigenvalue weighted by Gasteiger charge is -2.60. The fraction of sp³-hybridized carbons (Fsp3) is 1.00. The van der Waals surface area contributed by atoms with Gasteiger partial charge in [0.15, 0.2) is 11.9 Å². The van der Waals surface area contributed by atoms with Crippen LogP contribution >= 0.6 is 0 Å². The molecule has 0 aromatic carbocycles. The first kappa shape index (κ1) is 18.5. The Bertz CT molecular complexity index is 583. The molecule has 146 valence electrons. The van der Waals surface area contributed by atoms with Gasteiger partial charge in [0, 0.05) is 23.8 Å². The highest BCUT2D eigenvalue weighted by atomic mass is 17.3. The average Bonchev–Trinajstić information content (AvgIpc) is 2.85. The number of rotatable bonds is 5. The molecule has 4 saturated heterocycles. The van der Waals surface area contributed by atoms with Gasteiger partial charge in [0.2, 0.25) is 5.79 Å². The van der Waals surface area contributed by atoms with Crippen LogP contribution in [-0.2, 0) is 19.2 Å². The van der Waals surface area contributed by atoms with Gasteiger partial charge in [-0.25, -0.2) is 9.78 Å². The molecular weight excluding hydrogens is 334 g/mol. The molecule has 8 atom stereocenters. The zero-order valence-corrected chi connectivity index (χ0v) is 16.1. The molecule has 4 aliphatic heterocycles. The van der Waals surface area contributed by atoms with Crippen LogP contribution < -0.4 is 0 Å². The average molecular weight is 365 g/mol. The molecule has 7 nitrogen and oxygen atoms in total. The predicted octanol–water partition coefficient (Wildman–Crippen LogP) is 4.72. The maximum atomic E-state index is 8.41. The van der Waals surface area contributed by atoms with Gasteiger partial charge in [-0.05, 0) is 62.3 Å². The highest BCUT2D eigenvalue weighted by Gasteiger charge is 2.69. The summed E-state index contributed by atoms with van der Waals surface area (Å²) < 4.78 is 12.9. The number of fused-ring (bicyclic) bond motifs is 2. The highest BCUT2D eigenvalue weighted by molar-refractivity contribution is 5.09. The van der Waals surface area contributed by atoms with Crippen LogP contribution in [-0.4, -0.2) is 30.3 Å². The van der Waals surface area contributed by atoms with E-state index < -0.39 is 11.4 Å². The molecule has 2 bridgehead atoms. The van der Waals surface area contributed by atoms with Gasteiger partial charge in [0.25, 0.3) is 0 Å². The number of unbranched alkanes of at least 4 members (excludes halogenated alkanes) is 1. The van der Waals surface area contributed by atoms with E-state index in [-0.39, 0.29) is 12.4 Å². The summed E-state index contributed by atoms with van der Waals surface area (Å²) in [5, 5.41) is 3.63. The van der Waals surface area contributed by atoms with Gasteiger partial charge in [-0.2, -0.15) is 0 Å². The number of hydrogen-bond acceptors (Lipinski definition) is 5. The molecule has 7 heteroatoms. The molecule has 0 aromatic heterocycles. The van der Waals surface area contributed by atoms with Gasteiger partial charge in [-0.1, -0.05) is 25.4 Å². The van der Waals surface area contributed by atoms with Crippen molar-refractivity contribution >= 4 is 0 Å². The van der Waals surface area contributed by atoms with Gasteiger partial charge < -0.3 is 9.47 Å². The van der Waals surface area contributed by atoms with E-state index in [0.29, 0.717) is 30.2 Å². The summed E-state index contributed by atoms with van der Waals surface area (Å²) in [5.74, 6) is 1.11. The van der Waals surface area contributed by atoms with Crippen molar-refractivity contribution in [1.29, 1.82) is 0 Å². The fourth-order valence-corrected chi connectivity index (χ4v) is 5.88. The van der Waals surface area contributed by atoms with Crippen molar-refractivity contribution in [3.05, 3.63) is 10.4 Å². The van der Waals surface area contributed by atoms with Gasteiger partial charge in [0.05, 0.1) is 6.10 Å². The molecule has 1 aliphatic carbocycles. The number of hydrogen-bond donors (Lipinski definition) is 0. The van der Waals surface area contributed by atoms with Crippen molar-refractivity contribution < 1.29 is 19.2 Å². The Morgan fingerprint density at radius 2 is 1.96 bits per heavy atom. The van der Waals surface area contributed by atoms with Gasteiger partial charge in [-0.15, -0.1) is 0 Å². The molecule has 0 radical (unpaired) electrons. The third-order valence-electron chi connectivity index (χ3n) is 7.35. The lowest BCUT2D eigenvalue weighted by atomic mass is 9.57. The molecule has 1 saturated carbocycles. The topological polar surface area (TPSA) is 85.7 Å². The molecule has 0 unspecified atom stereocenters. The summed E-state index contributed by atoms with van der Waals surface area (Å²) in [7, 11) is 0. The van der Waals surface area contributed by atoms with Crippen LogP contribution in [0.15, 0.2) is 5.11 Å². The quantitative estimate of drug-likeness (QED) is 0.232. The Morgan fingerprint density at radius 1 is 1.12 bits per heavy atom. The SMILES string of the molecule is C[C@H]1[C@@H](CCCCN=[N+]=[N-])O[C@@H]2O[C@@]3(C)CC[C@H]4[C@H](C)CC[C@@H]1[C@@]24OO3. The number of nitrogens with zero attached hydrogens (tertiary/aromatic N) is 3. The second kappa shape index (κ2) is 6.95. The lowest BCUT2D eigenvalue weighted by molar-refractivity contribution is -0.571. The Balaban J connectivity index is 1.55. The Labute approximate surface area is 155 Å². The van der Waals surface area contributed by atoms with E-state index in [9.17, 15) is 0 Å². The standard InChI is InChI=1S/C19H31N3O4/c1-12-7-8-15-13(2)16(6-4-5-11-21-22-20)23-17-19(15)14(12)9-10-18(3,24-17)25-26-19/h12-17H,4-11H2,1-3H3/t12-,13-,14+,15+,16-,17-,18-,19-/m1/s1. The molecule has 26 heavy (non-hydrogen) atoms. The number of ether oxygens (including phenoxy) is 2. The van der Waals surface area contributed by atoms with Crippen LogP contribution in [0.3, 0.4) is 0 Å². The molecule has 1 spiro atoms. The second-order valence-electron chi connectivity index (χ2n) is 8.89. The molecule has 0 aromatic rings. The van der Waals surface area contributed by atoms with E-state index in [0.717, 1.165) is 38.5 Å². The molecular formula is C19H31N3O4. The number of azide groups is 1. The van der Waals surface area contributed by atoms with Gasteiger partial charge >= 0.3 is 0 Å². The Hall–Kier alpha value is -0.850. The zero-order valence-electron chi connectivity index (χ0n) is 16.1. The van der Waals surface area contributed by atoms with E-state index in [2.05, 4.69) is 23.9 Å². The lowest BCUT2D eigenvalue weighted by Crippen LogP contribution is -2.70. The van der Waals surface area contributed by atoms with Crippen LogP contribution in [0.2, 0.25) is 0 Å². The summed E-state index contributed by atoms with van der Waals surface area (Å²) in [6.07, 6.45) is 6.95.